The fraction of sp³-hybridized carbons (Fsp3) is 0.250. The minimum Gasteiger partial charge on any atom is -0.315 e. The van der Waals surface area contributed by atoms with E-state index in [9.17, 15) is 4.79 Å². The van der Waals surface area contributed by atoms with Crippen LogP contribution in [0.2, 0.25) is 0 Å². The van der Waals surface area contributed by atoms with Crippen molar-refractivity contribution in [3.63, 3.8) is 0 Å². The van der Waals surface area contributed by atoms with Crippen LogP contribution in [0.1, 0.15) is 26.3 Å². The Morgan fingerprint density at radius 1 is 1.00 bits per heavy atom. The summed E-state index contributed by atoms with van der Waals surface area (Å²) in [5, 5.41) is 2.86. The molecule has 1 N–H and O–H groups in total. The van der Waals surface area contributed by atoms with Crippen LogP contribution in [0.5, 0.6) is 0 Å². The van der Waals surface area contributed by atoms with Crippen LogP contribution < -0.4 is 10.2 Å². The molecular formula is C20H24N2O. The minimum atomic E-state index is -0.138. The van der Waals surface area contributed by atoms with Crippen LogP contribution in [0.15, 0.2) is 72.9 Å². The van der Waals surface area contributed by atoms with Gasteiger partial charge in [0.25, 0.3) is 0 Å². The highest BCUT2D eigenvalue weighted by molar-refractivity contribution is 5.92. The van der Waals surface area contributed by atoms with E-state index in [0.717, 1.165) is 11.3 Å². The van der Waals surface area contributed by atoms with Crippen molar-refractivity contribution >= 4 is 11.7 Å². The summed E-state index contributed by atoms with van der Waals surface area (Å²) in [4.78, 5) is 14.3. The zero-order valence-electron chi connectivity index (χ0n) is 14.0. The molecule has 3 heteroatoms. The molecule has 0 heterocycles. The lowest BCUT2D eigenvalue weighted by molar-refractivity contribution is 0.249. The highest BCUT2D eigenvalue weighted by Gasteiger charge is 2.15. The number of urea groups is 1. The topological polar surface area (TPSA) is 32.3 Å². The first-order valence-electron chi connectivity index (χ1n) is 7.80. The number of anilines is 1. The maximum Gasteiger partial charge on any atom is 0.326 e. The van der Waals surface area contributed by atoms with E-state index in [1.54, 1.807) is 11.1 Å². The number of hydrogen-bond acceptors (Lipinski definition) is 1. The minimum absolute atomic E-state index is 0.0320. The lowest BCUT2D eigenvalue weighted by Crippen LogP contribution is -2.37. The Hall–Kier alpha value is -2.55. The number of benzene rings is 2. The van der Waals surface area contributed by atoms with E-state index in [-0.39, 0.29) is 11.4 Å². The highest BCUT2D eigenvalue weighted by atomic mass is 16.2. The van der Waals surface area contributed by atoms with Gasteiger partial charge in [-0.1, -0.05) is 75.4 Å². The van der Waals surface area contributed by atoms with Gasteiger partial charge >= 0.3 is 6.03 Å². The van der Waals surface area contributed by atoms with Crippen LogP contribution in [-0.4, -0.2) is 6.03 Å². The van der Waals surface area contributed by atoms with Gasteiger partial charge < -0.3 is 5.32 Å². The molecule has 120 valence electrons. The third-order valence-electron chi connectivity index (χ3n) is 3.29. The second-order valence-electron chi connectivity index (χ2n) is 6.56. The third kappa shape index (κ3) is 5.62. The molecule has 0 aliphatic carbocycles. The van der Waals surface area contributed by atoms with E-state index >= 15 is 0 Å². The molecule has 0 saturated heterocycles. The maximum atomic E-state index is 12.6. The Morgan fingerprint density at radius 3 is 2.13 bits per heavy atom. The predicted molar refractivity (Wildman–Crippen MR) is 96.2 cm³/mol. The Morgan fingerprint density at radius 2 is 1.57 bits per heavy atom. The molecule has 0 fully saturated rings. The summed E-state index contributed by atoms with van der Waals surface area (Å²) in [6.07, 6.45) is 3.71. The number of para-hydroxylation sites is 1. The summed E-state index contributed by atoms with van der Waals surface area (Å²) in [5.41, 5.74) is 1.99. The van der Waals surface area contributed by atoms with E-state index in [2.05, 4.69) is 26.1 Å². The Labute approximate surface area is 138 Å². The van der Waals surface area contributed by atoms with E-state index < -0.39 is 0 Å². The first-order chi connectivity index (χ1) is 11.0. The quantitative estimate of drug-likeness (QED) is 0.850. The van der Waals surface area contributed by atoms with Crippen molar-refractivity contribution in [2.45, 2.75) is 27.3 Å². The summed E-state index contributed by atoms with van der Waals surface area (Å²) in [7, 11) is 0. The van der Waals surface area contributed by atoms with Gasteiger partial charge in [0.1, 0.15) is 0 Å². The molecule has 23 heavy (non-hydrogen) atoms. The molecule has 2 aromatic carbocycles. The average molecular weight is 308 g/mol. The van der Waals surface area contributed by atoms with Crippen molar-refractivity contribution < 1.29 is 4.79 Å². The molecule has 2 amide bonds. The summed E-state index contributed by atoms with van der Waals surface area (Å²) < 4.78 is 0. The van der Waals surface area contributed by atoms with Crippen LogP contribution in [0.4, 0.5) is 10.5 Å². The maximum absolute atomic E-state index is 12.6. The Bertz CT molecular complexity index is 642. The largest absolute Gasteiger partial charge is 0.326 e. The molecular weight excluding hydrogens is 284 g/mol. The fourth-order valence-corrected chi connectivity index (χ4v) is 2.10. The zero-order valence-corrected chi connectivity index (χ0v) is 14.0. The summed E-state index contributed by atoms with van der Waals surface area (Å²) in [5.74, 6) is 0. The third-order valence-corrected chi connectivity index (χ3v) is 3.29. The van der Waals surface area contributed by atoms with E-state index in [1.165, 1.54) is 0 Å². The molecule has 0 bridgehead atoms. The predicted octanol–water partition coefficient (Wildman–Crippen LogP) is 4.96. The SMILES string of the molecule is CC(C)(C)/C=C/NC(=O)N(Cc1ccccc1)c1ccccc1. The average Bonchev–Trinajstić information content (AvgIpc) is 2.53. The van der Waals surface area contributed by atoms with Crippen molar-refractivity contribution in [1.82, 2.24) is 5.32 Å². The lowest BCUT2D eigenvalue weighted by Gasteiger charge is -2.23. The second kappa shape index (κ2) is 7.63. The number of nitrogens with one attached hydrogen (secondary N) is 1. The standard InChI is InChI=1S/C20H24N2O/c1-20(2,3)14-15-21-19(23)22(18-12-8-5-9-13-18)16-17-10-6-4-7-11-17/h4-15H,16H2,1-3H3,(H,21,23)/b15-14+. The number of rotatable bonds is 4. The highest BCUT2D eigenvalue weighted by Crippen LogP contribution is 2.17. The van der Waals surface area contributed by atoms with Gasteiger partial charge in [-0.05, 0) is 23.1 Å². The molecule has 0 aliphatic rings. The number of amides is 2. The monoisotopic (exact) mass is 308 g/mol. The van der Waals surface area contributed by atoms with Crippen molar-refractivity contribution in [1.29, 1.82) is 0 Å². The first-order valence-corrected chi connectivity index (χ1v) is 7.80. The van der Waals surface area contributed by atoms with Crippen LogP contribution in [0.3, 0.4) is 0 Å². The summed E-state index contributed by atoms with van der Waals surface area (Å²) in [6.45, 7) is 6.80. The lowest BCUT2D eigenvalue weighted by atomic mass is 9.97. The van der Waals surface area contributed by atoms with E-state index in [4.69, 9.17) is 0 Å². The van der Waals surface area contributed by atoms with Crippen molar-refractivity contribution in [3.05, 3.63) is 78.5 Å². The van der Waals surface area contributed by atoms with Crippen LogP contribution in [0.25, 0.3) is 0 Å². The molecule has 0 unspecified atom stereocenters. The van der Waals surface area contributed by atoms with E-state index in [0.29, 0.717) is 6.54 Å². The second-order valence-corrected chi connectivity index (χ2v) is 6.56. The zero-order chi connectivity index (χ0) is 16.7. The number of hydrogen-bond donors (Lipinski definition) is 1. The van der Waals surface area contributed by atoms with Gasteiger partial charge in [0, 0.05) is 11.9 Å². The summed E-state index contributed by atoms with van der Waals surface area (Å²) in [6, 6.07) is 19.5. The van der Waals surface area contributed by atoms with Crippen molar-refractivity contribution in [2.75, 3.05) is 4.90 Å². The Balaban J connectivity index is 2.17. The van der Waals surface area contributed by atoms with Gasteiger partial charge in [-0.15, -0.1) is 0 Å². The van der Waals surface area contributed by atoms with E-state index in [1.807, 2.05) is 66.7 Å². The van der Waals surface area contributed by atoms with Crippen LogP contribution >= 0.6 is 0 Å². The normalized spacial score (nSPS) is 11.4. The van der Waals surface area contributed by atoms with Gasteiger partial charge in [-0.3, -0.25) is 4.90 Å². The first kappa shape index (κ1) is 16.8. The molecule has 3 nitrogen and oxygen atoms in total. The van der Waals surface area contributed by atoms with Crippen LogP contribution in [0, 0.1) is 5.41 Å². The molecule has 0 saturated carbocycles. The smallest absolute Gasteiger partial charge is 0.315 e. The number of carbonyl (C=O) groups excluding carboxylic acids is 1. The van der Waals surface area contributed by atoms with Gasteiger partial charge in [-0.2, -0.15) is 0 Å². The van der Waals surface area contributed by atoms with Gasteiger partial charge in [-0.25, -0.2) is 4.79 Å². The Kier molecular flexibility index (Phi) is 5.58. The number of allylic oxidation sites excluding steroid dienone is 1. The number of nitrogens with zero attached hydrogens (tertiary/aromatic N) is 1. The molecule has 0 aliphatic heterocycles. The summed E-state index contributed by atoms with van der Waals surface area (Å²) >= 11 is 0. The van der Waals surface area contributed by atoms with Crippen molar-refractivity contribution in [3.8, 4) is 0 Å². The van der Waals surface area contributed by atoms with Gasteiger partial charge in [0.05, 0.1) is 6.54 Å². The number of carbonyl (C=O) groups is 1. The van der Waals surface area contributed by atoms with Gasteiger partial charge in [0.15, 0.2) is 0 Å². The molecule has 2 rings (SSSR count). The molecule has 2 aromatic rings. The fourth-order valence-electron chi connectivity index (χ4n) is 2.10. The van der Waals surface area contributed by atoms with Gasteiger partial charge in [0.2, 0.25) is 0 Å². The molecule has 0 aromatic heterocycles. The van der Waals surface area contributed by atoms with Crippen molar-refractivity contribution in [2.24, 2.45) is 5.41 Å². The molecule has 0 atom stereocenters. The molecule has 0 spiro atoms. The molecule has 0 radical (unpaired) electrons. The van der Waals surface area contributed by atoms with Crippen LogP contribution in [-0.2, 0) is 6.54 Å².